The van der Waals surface area contributed by atoms with Crippen LogP contribution in [0.1, 0.15) is 33.1 Å². The summed E-state index contributed by atoms with van der Waals surface area (Å²) < 4.78 is 2.06. The number of aromatic nitrogens is 3. The van der Waals surface area contributed by atoms with Crippen molar-refractivity contribution >= 4 is 17.8 Å². The number of carbonyl (C=O) groups is 3. The molecular weight excluding hydrogens is 452 g/mol. The summed E-state index contributed by atoms with van der Waals surface area (Å²) in [6.07, 6.45) is 11.0. The number of nitrogens with one attached hydrogen (secondary N) is 1. The molecular formula is C24H30N6O5. The highest BCUT2D eigenvalue weighted by Crippen LogP contribution is 2.18. The number of carboxylic acids is 2. The van der Waals surface area contributed by atoms with Gasteiger partial charge in [0.05, 0.1) is 24.6 Å². The van der Waals surface area contributed by atoms with E-state index in [0.29, 0.717) is 18.7 Å². The second-order valence-corrected chi connectivity index (χ2v) is 8.61. The smallest absolute Gasteiger partial charge is 0.328 e. The third-order valence-electron chi connectivity index (χ3n) is 5.39. The molecule has 1 unspecified atom stereocenters. The predicted octanol–water partition coefficient (Wildman–Crippen LogP) is 1.93. The van der Waals surface area contributed by atoms with Gasteiger partial charge < -0.3 is 25.0 Å². The third-order valence-corrected chi connectivity index (χ3v) is 5.39. The number of imidazole rings is 1. The Morgan fingerprint density at radius 2 is 2.00 bits per heavy atom. The zero-order chi connectivity index (χ0) is 25.8. The second kappa shape index (κ2) is 13.0. The van der Waals surface area contributed by atoms with E-state index in [1.807, 2.05) is 24.7 Å². The molecule has 186 valence electrons. The lowest BCUT2D eigenvalue weighted by atomic mass is 10.0. The standard InChI is InChI=1S/C20H26N6O.C4H4O4/c1-20(2,24-13-19(27)26-9-4-6-17(26)11-21)7-10-25-14-18(23-15-25)16-5-3-8-22-12-16;5-3(6)1-2-4(7)8/h3,5,8,12,14-15,17,24H,4,6-7,9-10,13H2,1-2H3;1-2H,(H,5,6)(H,7,8). The van der Waals surface area contributed by atoms with E-state index in [1.165, 1.54) is 0 Å². The minimum Gasteiger partial charge on any atom is -0.478 e. The molecule has 1 atom stereocenters. The molecule has 3 heterocycles. The van der Waals surface area contributed by atoms with Crippen molar-refractivity contribution in [1.82, 2.24) is 24.8 Å². The van der Waals surface area contributed by atoms with Crippen LogP contribution in [0.2, 0.25) is 0 Å². The van der Waals surface area contributed by atoms with E-state index in [-0.39, 0.29) is 24.0 Å². The van der Waals surface area contributed by atoms with Crippen LogP contribution in [0.15, 0.2) is 49.2 Å². The van der Waals surface area contributed by atoms with Gasteiger partial charge in [-0.1, -0.05) is 0 Å². The molecule has 1 aliphatic rings. The number of hydrogen-bond donors (Lipinski definition) is 3. The van der Waals surface area contributed by atoms with Gasteiger partial charge in [-0.2, -0.15) is 5.26 Å². The molecule has 3 N–H and O–H groups in total. The fourth-order valence-electron chi connectivity index (χ4n) is 3.40. The molecule has 35 heavy (non-hydrogen) atoms. The summed E-state index contributed by atoms with van der Waals surface area (Å²) in [5, 5.41) is 28.1. The van der Waals surface area contributed by atoms with Crippen LogP contribution in [0.3, 0.4) is 0 Å². The number of nitrogens with zero attached hydrogens (tertiary/aromatic N) is 5. The van der Waals surface area contributed by atoms with Crippen molar-refractivity contribution < 1.29 is 24.6 Å². The predicted molar refractivity (Wildman–Crippen MR) is 127 cm³/mol. The topological polar surface area (TPSA) is 161 Å². The van der Waals surface area contributed by atoms with Gasteiger partial charge in [-0.05, 0) is 45.2 Å². The molecule has 1 aliphatic heterocycles. The molecule has 0 bridgehead atoms. The lowest BCUT2D eigenvalue weighted by molar-refractivity contribution is -0.134. The molecule has 1 amide bonds. The van der Waals surface area contributed by atoms with Gasteiger partial charge >= 0.3 is 11.9 Å². The summed E-state index contributed by atoms with van der Waals surface area (Å²) in [6, 6.07) is 5.84. The van der Waals surface area contributed by atoms with Crippen molar-refractivity contribution in [3.05, 3.63) is 49.2 Å². The lowest BCUT2D eigenvalue weighted by Gasteiger charge is -2.28. The number of carbonyl (C=O) groups excluding carboxylic acids is 1. The minimum atomic E-state index is -1.26. The van der Waals surface area contributed by atoms with Gasteiger partial charge in [0.2, 0.25) is 5.91 Å². The first kappa shape index (κ1) is 27.2. The fourth-order valence-corrected chi connectivity index (χ4v) is 3.40. The van der Waals surface area contributed by atoms with Crippen molar-refractivity contribution in [3.63, 3.8) is 0 Å². The van der Waals surface area contributed by atoms with E-state index >= 15 is 0 Å². The van der Waals surface area contributed by atoms with Crippen LogP contribution < -0.4 is 5.32 Å². The molecule has 0 radical (unpaired) electrons. The third kappa shape index (κ3) is 9.38. The zero-order valence-electron chi connectivity index (χ0n) is 19.8. The van der Waals surface area contributed by atoms with E-state index in [9.17, 15) is 14.4 Å². The minimum absolute atomic E-state index is 0.00798. The van der Waals surface area contributed by atoms with Crippen molar-refractivity contribution in [2.75, 3.05) is 13.1 Å². The number of amides is 1. The lowest BCUT2D eigenvalue weighted by Crippen LogP contribution is -2.47. The van der Waals surface area contributed by atoms with Crippen LogP contribution in [0.25, 0.3) is 11.3 Å². The van der Waals surface area contributed by atoms with E-state index in [2.05, 4.69) is 39.8 Å². The van der Waals surface area contributed by atoms with Gasteiger partial charge in [0.25, 0.3) is 0 Å². The number of carboxylic acid groups (broad SMARTS) is 2. The van der Waals surface area contributed by atoms with Gasteiger partial charge in [0.15, 0.2) is 0 Å². The van der Waals surface area contributed by atoms with Crippen LogP contribution in [-0.2, 0) is 20.9 Å². The first-order valence-electron chi connectivity index (χ1n) is 11.1. The highest BCUT2D eigenvalue weighted by atomic mass is 16.4. The highest BCUT2D eigenvalue weighted by Gasteiger charge is 2.29. The summed E-state index contributed by atoms with van der Waals surface area (Å²) >= 11 is 0. The van der Waals surface area contributed by atoms with E-state index < -0.39 is 11.9 Å². The highest BCUT2D eigenvalue weighted by molar-refractivity contribution is 5.89. The summed E-state index contributed by atoms with van der Waals surface area (Å²) in [5.41, 5.74) is 1.70. The number of aliphatic carboxylic acids is 2. The molecule has 3 rings (SSSR count). The average Bonchev–Trinajstić information content (AvgIpc) is 3.51. The normalized spacial score (nSPS) is 15.3. The number of nitriles is 1. The summed E-state index contributed by atoms with van der Waals surface area (Å²) in [6.45, 7) is 5.92. The Labute approximate surface area is 203 Å². The SMILES string of the molecule is CC(C)(CCn1cnc(-c2cccnc2)c1)NCC(=O)N1CCCC1C#N.O=C(O)C=CC(=O)O. The maximum absolute atomic E-state index is 12.4. The summed E-state index contributed by atoms with van der Waals surface area (Å²) in [4.78, 5) is 41.8. The molecule has 1 saturated heterocycles. The maximum Gasteiger partial charge on any atom is 0.328 e. The Kier molecular flexibility index (Phi) is 10.1. The number of hydrogen-bond acceptors (Lipinski definition) is 7. The number of pyridine rings is 1. The fraction of sp³-hybridized carbons (Fsp3) is 0.417. The van der Waals surface area contributed by atoms with Gasteiger partial charge in [-0.15, -0.1) is 0 Å². The quantitative estimate of drug-likeness (QED) is 0.453. The maximum atomic E-state index is 12.4. The zero-order valence-corrected chi connectivity index (χ0v) is 19.8. The average molecular weight is 483 g/mol. The molecule has 0 saturated carbocycles. The number of likely N-dealkylation sites (tertiary alicyclic amines) is 1. The summed E-state index contributed by atoms with van der Waals surface area (Å²) in [5.74, 6) is -2.51. The van der Waals surface area contributed by atoms with Crippen molar-refractivity contribution in [3.8, 4) is 17.3 Å². The molecule has 11 nitrogen and oxygen atoms in total. The Balaban J connectivity index is 0.000000466. The molecule has 0 spiro atoms. The Morgan fingerprint density at radius 3 is 2.60 bits per heavy atom. The molecule has 0 aliphatic carbocycles. The number of rotatable bonds is 9. The van der Waals surface area contributed by atoms with Gasteiger partial charge in [-0.25, -0.2) is 14.6 Å². The Morgan fingerprint density at radius 1 is 1.29 bits per heavy atom. The van der Waals surface area contributed by atoms with E-state index in [4.69, 9.17) is 15.5 Å². The van der Waals surface area contributed by atoms with E-state index in [1.54, 1.807) is 17.3 Å². The van der Waals surface area contributed by atoms with Crippen LogP contribution in [0.5, 0.6) is 0 Å². The first-order chi connectivity index (χ1) is 16.6. The van der Waals surface area contributed by atoms with Crippen LogP contribution in [-0.4, -0.2) is 72.2 Å². The number of aryl methyl sites for hydroxylation is 1. The largest absolute Gasteiger partial charge is 0.478 e. The molecule has 0 aromatic carbocycles. The van der Waals surface area contributed by atoms with Gasteiger partial charge in [0.1, 0.15) is 6.04 Å². The van der Waals surface area contributed by atoms with Crippen molar-refractivity contribution in [1.29, 1.82) is 5.26 Å². The summed E-state index contributed by atoms with van der Waals surface area (Å²) in [7, 11) is 0. The van der Waals surface area contributed by atoms with Gasteiger partial charge in [-0.3, -0.25) is 9.78 Å². The monoisotopic (exact) mass is 482 g/mol. The second-order valence-electron chi connectivity index (χ2n) is 8.61. The molecule has 11 heteroatoms. The van der Waals surface area contributed by atoms with Crippen LogP contribution >= 0.6 is 0 Å². The molecule has 2 aromatic rings. The molecule has 2 aromatic heterocycles. The van der Waals surface area contributed by atoms with Gasteiger partial charge in [0, 0.05) is 54.9 Å². The molecule has 1 fully saturated rings. The first-order valence-corrected chi connectivity index (χ1v) is 11.1. The van der Waals surface area contributed by atoms with Crippen LogP contribution in [0, 0.1) is 11.3 Å². The Bertz CT molecular complexity index is 1060. The van der Waals surface area contributed by atoms with Crippen molar-refractivity contribution in [2.24, 2.45) is 0 Å². The van der Waals surface area contributed by atoms with Crippen molar-refractivity contribution in [2.45, 2.75) is 51.2 Å². The Hall–Kier alpha value is -4.04. The van der Waals surface area contributed by atoms with E-state index in [0.717, 1.165) is 37.1 Å². The van der Waals surface area contributed by atoms with Crippen LogP contribution in [0.4, 0.5) is 0 Å².